The van der Waals surface area contributed by atoms with Gasteiger partial charge in [-0.15, -0.1) is 0 Å². The van der Waals surface area contributed by atoms with E-state index < -0.39 is 0 Å². The van der Waals surface area contributed by atoms with E-state index in [0.29, 0.717) is 17.4 Å². The van der Waals surface area contributed by atoms with Crippen molar-refractivity contribution in [3.05, 3.63) is 24.2 Å². The monoisotopic (exact) mass is 252 g/mol. The van der Waals surface area contributed by atoms with Crippen molar-refractivity contribution in [1.29, 1.82) is 0 Å². The highest BCUT2D eigenvalue weighted by molar-refractivity contribution is 4.99. The van der Waals surface area contributed by atoms with E-state index in [0.717, 1.165) is 31.7 Å². The minimum absolute atomic E-state index is 0.343. The summed E-state index contributed by atoms with van der Waals surface area (Å²) in [5.41, 5.74) is 6.19. The van der Waals surface area contributed by atoms with Crippen molar-refractivity contribution in [1.82, 2.24) is 5.32 Å². The molecule has 1 aromatic rings. The van der Waals surface area contributed by atoms with Gasteiger partial charge in [-0.05, 0) is 49.9 Å². The zero-order valence-corrected chi connectivity index (χ0v) is 12.2. The van der Waals surface area contributed by atoms with E-state index in [1.54, 1.807) is 6.26 Å². The molecule has 104 valence electrons. The van der Waals surface area contributed by atoms with E-state index >= 15 is 0 Å². The Balaban J connectivity index is 2.29. The van der Waals surface area contributed by atoms with Gasteiger partial charge in [0.15, 0.2) is 0 Å². The largest absolute Gasteiger partial charge is 0.469 e. The molecule has 0 spiro atoms. The number of nitrogens with two attached hydrogens (primary N) is 1. The minimum atomic E-state index is 0.343. The molecule has 1 heterocycles. The molecule has 0 aliphatic heterocycles. The van der Waals surface area contributed by atoms with Crippen molar-refractivity contribution in [3.8, 4) is 0 Å². The van der Waals surface area contributed by atoms with Gasteiger partial charge in [0, 0.05) is 12.5 Å². The number of furan rings is 1. The second-order valence-corrected chi connectivity index (χ2v) is 6.46. The molecule has 0 amide bonds. The fourth-order valence-electron chi connectivity index (χ4n) is 2.28. The van der Waals surface area contributed by atoms with Crippen LogP contribution in [0.15, 0.2) is 22.8 Å². The van der Waals surface area contributed by atoms with E-state index in [1.807, 2.05) is 12.1 Å². The van der Waals surface area contributed by atoms with E-state index in [-0.39, 0.29) is 0 Å². The lowest BCUT2D eigenvalue weighted by Crippen LogP contribution is -2.36. The fourth-order valence-corrected chi connectivity index (χ4v) is 2.28. The smallest absolute Gasteiger partial charge is 0.105 e. The summed E-state index contributed by atoms with van der Waals surface area (Å²) in [5.74, 6) is 1.58. The highest BCUT2D eigenvalue weighted by Crippen LogP contribution is 2.23. The van der Waals surface area contributed by atoms with Crippen LogP contribution in [0.5, 0.6) is 0 Å². The zero-order valence-electron chi connectivity index (χ0n) is 12.2. The molecule has 1 aromatic heterocycles. The molecule has 0 aliphatic carbocycles. The zero-order chi connectivity index (χ0) is 13.6. The molecule has 2 atom stereocenters. The highest BCUT2D eigenvalue weighted by Gasteiger charge is 2.18. The summed E-state index contributed by atoms with van der Waals surface area (Å²) in [6, 6.07) is 4.38. The topological polar surface area (TPSA) is 51.2 Å². The molecular formula is C15H28N2O. The van der Waals surface area contributed by atoms with Crippen molar-refractivity contribution >= 4 is 0 Å². The van der Waals surface area contributed by atoms with Crippen LogP contribution in [0.2, 0.25) is 0 Å². The van der Waals surface area contributed by atoms with Crippen LogP contribution < -0.4 is 11.1 Å². The van der Waals surface area contributed by atoms with Gasteiger partial charge in [-0.2, -0.15) is 0 Å². The van der Waals surface area contributed by atoms with Gasteiger partial charge in [-0.1, -0.05) is 20.8 Å². The van der Waals surface area contributed by atoms with Gasteiger partial charge in [0.1, 0.15) is 5.76 Å². The van der Waals surface area contributed by atoms with Gasteiger partial charge >= 0.3 is 0 Å². The van der Waals surface area contributed by atoms with E-state index in [1.165, 1.54) is 0 Å². The Labute approximate surface area is 111 Å². The fraction of sp³-hybridized carbons (Fsp3) is 0.733. The molecule has 0 saturated carbocycles. The molecule has 3 heteroatoms. The van der Waals surface area contributed by atoms with Gasteiger partial charge < -0.3 is 15.5 Å². The van der Waals surface area contributed by atoms with Crippen LogP contribution in [-0.4, -0.2) is 19.1 Å². The van der Waals surface area contributed by atoms with Crippen molar-refractivity contribution in [2.24, 2.45) is 17.1 Å². The van der Waals surface area contributed by atoms with E-state index in [4.69, 9.17) is 10.2 Å². The number of nitrogens with one attached hydrogen (secondary N) is 1. The van der Waals surface area contributed by atoms with Crippen molar-refractivity contribution in [3.63, 3.8) is 0 Å². The van der Waals surface area contributed by atoms with Crippen molar-refractivity contribution in [2.75, 3.05) is 13.1 Å². The molecule has 0 aromatic carbocycles. The third kappa shape index (κ3) is 6.22. The Morgan fingerprint density at radius 2 is 2.11 bits per heavy atom. The summed E-state index contributed by atoms with van der Waals surface area (Å²) in [6.45, 7) is 10.7. The second kappa shape index (κ2) is 6.95. The summed E-state index contributed by atoms with van der Waals surface area (Å²) in [6.07, 6.45) is 3.81. The highest BCUT2D eigenvalue weighted by atomic mass is 16.3. The van der Waals surface area contributed by atoms with Crippen LogP contribution in [0.3, 0.4) is 0 Å². The van der Waals surface area contributed by atoms with E-state index in [2.05, 4.69) is 33.0 Å². The van der Waals surface area contributed by atoms with Crippen molar-refractivity contribution < 1.29 is 4.42 Å². The second-order valence-electron chi connectivity index (χ2n) is 6.46. The summed E-state index contributed by atoms with van der Waals surface area (Å²) >= 11 is 0. The van der Waals surface area contributed by atoms with Gasteiger partial charge in [0.25, 0.3) is 0 Å². The maximum absolute atomic E-state index is 5.84. The Morgan fingerprint density at radius 3 is 2.61 bits per heavy atom. The predicted octanol–water partition coefficient (Wildman–Crippen LogP) is 2.81. The third-order valence-electron chi connectivity index (χ3n) is 3.08. The Kier molecular flexibility index (Phi) is 5.89. The van der Waals surface area contributed by atoms with Gasteiger partial charge in [-0.25, -0.2) is 0 Å². The normalized spacial score (nSPS) is 15.6. The molecule has 3 nitrogen and oxygen atoms in total. The summed E-state index contributed by atoms with van der Waals surface area (Å²) < 4.78 is 5.35. The van der Waals surface area contributed by atoms with Crippen LogP contribution in [0.25, 0.3) is 0 Å². The van der Waals surface area contributed by atoms with Crippen LogP contribution in [0.4, 0.5) is 0 Å². The molecule has 2 unspecified atom stereocenters. The van der Waals surface area contributed by atoms with Crippen LogP contribution in [-0.2, 0) is 6.42 Å². The molecule has 1 rings (SSSR count). The molecule has 0 fully saturated rings. The Bertz CT molecular complexity index is 314. The van der Waals surface area contributed by atoms with Gasteiger partial charge in [0.05, 0.1) is 6.26 Å². The molecule has 0 radical (unpaired) electrons. The van der Waals surface area contributed by atoms with E-state index in [9.17, 15) is 0 Å². The average molecular weight is 252 g/mol. The lowest BCUT2D eigenvalue weighted by Gasteiger charge is -2.26. The van der Waals surface area contributed by atoms with Crippen LogP contribution in [0.1, 0.15) is 39.9 Å². The first-order valence-electron chi connectivity index (χ1n) is 6.86. The van der Waals surface area contributed by atoms with Crippen LogP contribution >= 0.6 is 0 Å². The maximum atomic E-state index is 5.84. The molecule has 0 aliphatic rings. The summed E-state index contributed by atoms with van der Waals surface area (Å²) in [5, 5.41) is 3.55. The Hall–Kier alpha value is -0.800. The third-order valence-corrected chi connectivity index (χ3v) is 3.08. The molecule has 18 heavy (non-hydrogen) atoms. The average Bonchev–Trinajstić information content (AvgIpc) is 2.75. The quantitative estimate of drug-likeness (QED) is 0.784. The molecule has 0 saturated heterocycles. The number of rotatable bonds is 7. The first-order valence-corrected chi connectivity index (χ1v) is 6.86. The van der Waals surface area contributed by atoms with Crippen LogP contribution in [0, 0.1) is 11.3 Å². The van der Waals surface area contributed by atoms with Gasteiger partial charge in [0.2, 0.25) is 0 Å². The standard InChI is InChI=1S/C15H28N2O/c1-12(8-14-6-5-7-18-14)17-11-13(10-16)9-15(2,3)4/h5-7,12-13,17H,8-11,16H2,1-4H3. The minimum Gasteiger partial charge on any atom is -0.469 e. The predicted molar refractivity (Wildman–Crippen MR) is 76.5 cm³/mol. The lowest BCUT2D eigenvalue weighted by atomic mass is 9.84. The maximum Gasteiger partial charge on any atom is 0.105 e. The lowest BCUT2D eigenvalue weighted by molar-refractivity contribution is 0.283. The Morgan fingerprint density at radius 1 is 1.39 bits per heavy atom. The molecule has 0 bridgehead atoms. The first kappa shape index (κ1) is 15.3. The van der Waals surface area contributed by atoms with Crippen molar-refractivity contribution in [2.45, 2.75) is 46.6 Å². The summed E-state index contributed by atoms with van der Waals surface area (Å²) in [4.78, 5) is 0. The molecular weight excluding hydrogens is 224 g/mol. The first-order chi connectivity index (χ1) is 8.40. The summed E-state index contributed by atoms with van der Waals surface area (Å²) in [7, 11) is 0. The van der Waals surface area contributed by atoms with Gasteiger partial charge in [-0.3, -0.25) is 0 Å². The number of hydrogen-bond acceptors (Lipinski definition) is 3. The molecule has 3 N–H and O–H groups in total. The SMILES string of the molecule is CC(Cc1ccco1)NCC(CN)CC(C)(C)C. The number of hydrogen-bond donors (Lipinski definition) is 2.